The Bertz CT molecular complexity index is 2150. The van der Waals surface area contributed by atoms with Gasteiger partial charge in [-0.3, -0.25) is 14.5 Å². The van der Waals surface area contributed by atoms with E-state index in [4.69, 9.17) is 5.73 Å². The number of β-amino-alcohol motifs (C(OH)–C–C–N with tert-alkyl or cyclic N) is 1. The van der Waals surface area contributed by atoms with Crippen molar-refractivity contribution in [3.63, 3.8) is 0 Å². The Labute approximate surface area is 377 Å². The van der Waals surface area contributed by atoms with Crippen molar-refractivity contribution in [2.75, 3.05) is 65.2 Å². The van der Waals surface area contributed by atoms with Gasteiger partial charge in [0.2, 0.25) is 11.8 Å². The van der Waals surface area contributed by atoms with Crippen LogP contribution in [-0.2, 0) is 20.7 Å². The first-order chi connectivity index (χ1) is 30.7. The minimum atomic E-state index is -0.874. The van der Waals surface area contributed by atoms with Crippen molar-refractivity contribution in [3.8, 4) is 0 Å². The number of hydrogen-bond donors (Lipinski definition) is 4. The topological polar surface area (TPSA) is 168 Å². The number of nitrogens with one attached hydrogen (secondary N) is 2. The molecule has 2 aromatic carbocycles. The third kappa shape index (κ3) is 8.37. The standard InChI is InChI=1S/C50H67N9O5/c1-55(2)50(40-14-7-4-8-15-40)25-21-46(22-26-50)34-57(33-43(61)54-42-16-9-10-27-52-42)44(62)58(46)31-38-28-37(29-38)30-53-49(39-12-5-3-6-13-39)23-19-47(20-24-49)35-56(32-41(51)60)45(63)59(47)36-48(64)17-11-18-48/h3-10,12-16,27,37-38,53,64H,11,17-26,28-36H2,1-2H3,(H2,51,60)(H,52,54,61)/t37?,38?,46-,47-,49+,50+. The van der Waals surface area contributed by atoms with Crippen LogP contribution in [0.1, 0.15) is 94.6 Å². The average Bonchev–Trinajstić information content (AvgIpc) is 3.65. The van der Waals surface area contributed by atoms with Crippen molar-refractivity contribution >= 4 is 29.7 Å². The normalized spacial score (nSPS) is 31.1. The summed E-state index contributed by atoms with van der Waals surface area (Å²) in [6, 6.07) is 26.5. The highest BCUT2D eigenvalue weighted by molar-refractivity contribution is 5.94. The van der Waals surface area contributed by atoms with E-state index in [1.165, 1.54) is 11.1 Å². The van der Waals surface area contributed by atoms with Crippen LogP contribution in [0.2, 0.25) is 0 Å². The van der Waals surface area contributed by atoms with Gasteiger partial charge in [0.1, 0.15) is 18.9 Å². The summed E-state index contributed by atoms with van der Waals surface area (Å²) in [5, 5.41) is 18.2. The number of carbonyl (C=O) groups is 4. The molecule has 14 heteroatoms. The molecule has 0 unspecified atom stereocenters. The Hall–Kier alpha value is -5.05. The maximum Gasteiger partial charge on any atom is 0.321 e. The number of nitrogens with zero attached hydrogens (tertiary/aromatic N) is 6. The summed E-state index contributed by atoms with van der Waals surface area (Å²) in [5.41, 5.74) is 6.02. The van der Waals surface area contributed by atoms with Crippen LogP contribution in [0.5, 0.6) is 0 Å². The van der Waals surface area contributed by atoms with E-state index >= 15 is 0 Å². The molecule has 2 saturated heterocycles. The molecule has 342 valence electrons. The van der Waals surface area contributed by atoms with Crippen LogP contribution in [0.4, 0.5) is 15.4 Å². The summed E-state index contributed by atoms with van der Waals surface area (Å²) in [4.78, 5) is 67.7. The second-order valence-electron chi connectivity index (χ2n) is 20.6. The first-order valence-corrected chi connectivity index (χ1v) is 23.6. The lowest BCUT2D eigenvalue weighted by atomic mass is 9.67. The maximum absolute atomic E-state index is 14.5. The fourth-order valence-electron chi connectivity index (χ4n) is 12.5. The number of urea groups is 2. The largest absolute Gasteiger partial charge is 0.388 e. The predicted octanol–water partition coefficient (Wildman–Crippen LogP) is 5.49. The summed E-state index contributed by atoms with van der Waals surface area (Å²) in [7, 11) is 4.33. The van der Waals surface area contributed by atoms with Crippen LogP contribution in [0.15, 0.2) is 85.1 Å². The first-order valence-electron chi connectivity index (χ1n) is 23.6. The maximum atomic E-state index is 14.5. The van der Waals surface area contributed by atoms with Crippen LogP contribution in [0, 0.1) is 11.8 Å². The zero-order valence-corrected chi connectivity index (χ0v) is 37.7. The number of benzene rings is 2. The van der Waals surface area contributed by atoms with Crippen LogP contribution in [0.25, 0.3) is 0 Å². The van der Waals surface area contributed by atoms with Gasteiger partial charge in [0, 0.05) is 36.9 Å². The summed E-state index contributed by atoms with van der Waals surface area (Å²) in [5.74, 6) is 0.516. The molecule has 64 heavy (non-hydrogen) atoms. The molecule has 6 amide bonds. The van der Waals surface area contributed by atoms with Crippen LogP contribution < -0.4 is 16.4 Å². The number of nitrogens with two attached hydrogens (primary N) is 1. The molecule has 3 heterocycles. The van der Waals surface area contributed by atoms with E-state index in [9.17, 15) is 24.3 Å². The molecule has 3 aromatic rings. The van der Waals surface area contributed by atoms with Crippen LogP contribution >= 0.6 is 0 Å². The number of aliphatic hydroxyl groups is 1. The van der Waals surface area contributed by atoms with Crippen molar-refractivity contribution in [2.45, 2.75) is 111 Å². The Morgan fingerprint density at radius 2 is 1.31 bits per heavy atom. The lowest BCUT2D eigenvalue weighted by Crippen LogP contribution is -2.60. The highest BCUT2D eigenvalue weighted by Crippen LogP contribution is 2.51. The van der Waals surface area contributed by atoms with E-state index in [-0.39, 0.29) is 54.2 Å². The molecular formula is C50H67N9O5. The monoisotopic (exact) mass is 874 g/mol. The van der Waals surface area contributed by atoms with Gasteiger partial charge in [-0.25, -0.2) is 14.6 Å². The Balaban J connectivity index is 0.875. The molecule has 9 rings (SSSR count). The fourth-order valence-corrected chi connectivity index (χ4v) is 12.5. The Morgan fingerprint density at radius 3 is 1.89 bits per heavy atom. The van der Waals surface area contributed by atoms with E-state index in [1.807, 2.05) is 17.0 Å². The van der Waals surface area contributed by atoms with E-state index < -0.39 is 17.0 Å². The molecule has 14 nitrogen and oxygen atoms in total. The van der Waals surface area contributed by atoms with Gasteiger partial charge in [0.05, 0.1) is 23.2 Å². The highest BCUT2D eigenvalue weighted by Gasteiger charge is 2.58. The average molecular weight is 874 g/mol. The number of amides is 6. The highest BCUT2D eigenvalue weighted by atomic mass is 16.3. The van der Waals surface area contributed by atoms with Gasteiger partial charge >= 0.3 is 12.1 Å². The van der Waals surface area contributed by atoms with Gasteiger partial charge in [-0.2, -0.15) is 0 Å². The molecule has 4 aliphatic carbocycles. The van der Waals surface area contributed by atoms with Crippen molar-refractivity contribution in [2.24, 2.45) is 17.6 Å². The van der Waals surface area contributed by atoms with Gasteiger partial charge in [0.25, 0.3) is 0 Å². The second-order valence-corrected chi connectivity index (χ2v) is 20.6. The summed E-state index contributed by atoms with van der Waals surface area (Å²) in [6.07, 6.45) is 12.6. The van der Waals surface area contributed by atoms with Crippen molar-refractivity contribution < 1.29 is 24.3 Å². The number of aromatic nitrogens is 1. The number of hydrogen-bond acceptors (Lipinski definition) is 8. The van der Waals surface area contributed by atoms with Crippen LogP contribution in [0.3, 0.4) is 0 Å². The van der Waals surface area contributed by atoms with Gasteiger partial charge in [-0.05, 0) is 139 Å². The van der Waals surface area contributed by atoms with E-state index in [0.717, 1.165) is 77.2 Å². The minimum Gasteiger partial charge on any atom is -0.388 e. The second kappa shape index (κ2) is 17.4. The van der Waals surface area contributed by atoms with E-state index in [0.29, 0.717) is 50.1 Å². The van der Waals surface area contributed by atoms with Crippen molar-refractivity contribution in [3.05, 3.63) is 96.2 Å². The molecule has 5 N–H and O–H groups in total. The molecule has 2 spiro atoms. The van der Waals surface area contributed by atoms with E-state index in [1.54, 1.807) is 28.1 Å². The third-order valence-electron chi connectivity index (χ3n) is 16.5. The van der Waals surface area contributed by atoms with Gasteiger partial charge in [0.15, 0.2) is 0 Å². The molecule has 0 atom stereocenters. The first kappa shape index (κ1) is 44.2. The van der Waals surface area contributed by atoms with Gasteiger partial charge < -0.3 is 41.1 Å². The molecule has 1 aromatic heterocycles. The lowest BCUT2D eigenvalue weighted by molar-refractivity contribution is -0.118. The zero-order valence-electron chi connectivity index (χ0n) is 37.7. The number of anilines is 1. The Kier molecular flexibility index (Phi) is 12.0. The molecular weight excluding hydrogens is 807 g/mol. The molecule has 0 radical (unpaired) electrons. The third-order valence-corrected chi connectivity index (χ3v) is 16.5. The molecule has 0 bridgehead atoms. The molecule has 2 aliphatic heterocycles. The number of rotatable bonds is 15. The molecule has 6 aliphatic rings. The molecule has 4 saturated carbocycles. The van der Waals surface area contributed by atoms with E-state index in [2.05, 4.69) is 94.1 Å². The van der Waals surface area contributed by atoms with Gasteiger partial charge in [-0.1, -0.05) is 66.7 Å². The fraction of sp³-hybridized carbons (Fsp3) is 0.580. The SMILES string of the molecule is CN(C)[C@]1(c2ccccc2)CC[C@]2(CC1)CN(CC(=O)Nc1ccccn1)C(=O)N2CC1CC(CN[C@]2(c3ccccc3)CC[C@]3(CC2)CN(CC(N)=O)C(=O)N3CC2(O)CCC2)C1. The van der Waals surface area contributed by atoms with Crippen molar-refractivity contribution in [1.82, 2.24) is 34.8 Å². The molecule has 6 fully saturated rings. The predicted molar refractivity (Wildman–Crippen MR) is 245 cm³/mol. The summed E-state index contributed by atoms with van der Waals surface area (Å²) >= 11 is 0. The minimum absolute atomic E-state index is 0.0127. The quantitative estimate of drug-likeness (QED) is 0.156. The lowest BCUT2D eigenvalue weighted by Gasteiger charge is -2.52. The summed E-state index contributed by atoms with van der Waals surface area (Å²) < 4.78 is 0. The summed E-state index contributed by atoms with van der Waals surface area (Å²) in [6.45, 7) is 2.65. The number of carbonyl (C=O) groups excluding carboxylic acids is 4. The van der Waals surface area contributed by atoms with Crippen LogP contribution in [-0.4, -0.2) is 135 Å². The number of pyridine rings is 1. The van der Waals surface area contributed by atoms with Gasteiger partial charge in [-0.15, -0.1) is 0 Å². The van der Waals surface area contributed by atoms with Crippen molar-refractivity contribution in [1.29, 1.82) is 0 Å². The zero-order chi connectivity index (χ0) is 44.7. The Morgan fingerprint density at radius 1 is 0.734 bits per heavy atom. The number of primary amides is 1. The smallest absolute Gasteiger partial charge is 0.321 e.